The van der Waals surface area contributed by atoms with Gasteiger partial charge in [-0.2, -0.15) is 13.2 Å². The highest BCUT2D eigenvalue weighted by atomic mass is 35.5. The molecule has 23 heavy (non-hydrogen) atoms. The van der Waals surface area contributed by atoms with Gasteiger partial charge in [-0.15, -0.1) is 11.3 Å². The first kappa shape index (κ1) is 15.9. The van der Waals surface area contributed by atoms with Crippen LogP contribution in [-0.4, -0.2) is 15.0 Å². The van der Waals surface area contributed by atoms with Crippen LogP contribution in [0.4, 0.5) is 19.0 Å². The summed E-state index contributed by atoms with van der Waals surface area (Å²) in [6.07, 6.45) is -2.17. The summed E-state index contributed by atoms with van der Waals surface area (Å²) in [4.78, 5) is 12.9. The Balaban J connectivity index is 1.86. The Morgan fingerprint density at radius 3 is 2.65 bits per heavy atom. The molecule has 120 valence electrons. The molecule has 4 nitrogen and oxygen atoms in total. The second-order valence-corrected chi connectivity index (χ2v) is 6.09. The minimum Gasteiger partial charge on any atom is -0.361 e. The van der Waals surface area contributed by atoms with E-state index in [1.807, 2.05) is 0 Å². The van der Waals surface area contributed by atoms with Gasteiger partial charge in [0.2, 0.25) is 0 Å². The number of hydrogen-bond acceptors (Lipinski definition) is 5. The first-order valence-corrected chi connectivity index (χ1v) is 7.79. The third kappa shape index (κ3) is 3.23. The highest BCUT2D eigenvalue weighted by Gasteiger charge is 2.30. The minimum atomic E-state index is -4.40. The number of hydrogen-bond donors (Lipinski definition) is 1. The second-order valence-electron chi connectivity index (χ2n) is 4.82. The molecule has 0 aliphatic rings. The fourth-order valence-corrected chi connectivity index (χ4v) is 3.19. The van der Waals surface area contributed by atoms with Crippen LogP contribution in [0.1, 0.15) is 24.2 Å². The average molecular weight is 359 g/mol. The van der Waals surface area contributed by atoms with Gasteiger partial charge in [-0.05, 0) is 19.1 Å². The van der Waals surface area contributed by atoms with Crippen molar-refractivity contribution in [2.24, 2.45) is 0 Å². The van der Waals surface area contributed by atoms with Crippen LogP contribution in [0.25, 0.3) is 10.2 Å². The van der Waals surface area contributed by atoms with E-state index < -0.39 is 11.7 Å². The van der Waals surface area contributed by atoms with E-state index in [2.05, 4.69) is 20.3 Å². The molecule has 1 atom stereocenters. The number of nitrogens with one attached hydrogen (secondary N) is 1. The molecule has 1 unspecified atom stereocenters. The van der Waals surface area contributed by atoms with Crippen molar-refractivity contribution in [2.45, 2.75) is 19.1 Å². The lowest BCUT2D eigenvalue weighted by atomic mass is 10.1. The first-order valence-electron chi connectivity index (χ1n) is 6.53. The molecule has 0 saturated carbocycles. The third-order valence-electron chi connectivity index (χ3n) is 3.24. The summed E-state index contributed by atoms with van der Waals surface area (Å²) in [5.74, 6) is 0.524. The molecule has 0 aromatic carbocycles. The molecule has 0 aliphatic carbocycles. The van der Waals surface area contributed by atoms with Gasteiger partial charge in [0.15, 0.2) is 0 Å². The highest BCUT2D eigenvalue weighted by Crippen LogP contribution is 2.34. The molecule has 0 saturated heterocycles. The second kappa shape index (κ2) is 5.93. The van der Waals surface area contributed by atoms with Gasteiger partial charge in [-0.1, -0.05) is 11.6 Å². The summed E-state index contributed by atoms with van der Waals surface area (Å²) in [5.41, 5.74) is -0.310. The smallest absolute Gasteiger partial charge is 0.361 e. The molecule has 3 aromatic heterocycles. The maximum Gasteiger partial charge on any atom is 0.417 e. The maximum atomic E-state index is 12.6. The number of halogens is 4. The van der Waals surface area contributed by atoms with Gasteiger partial charge in [-0.25, -0.2) is 9.97 Å². The predicted molar refractivity (Wildman–Crippen MR) is 83.7 cm³/mol. The zero-order valence-electron chi connectivity index (χ0n) is 11.7. The topological polar surface area (TPSA) is 50.7 Å². The van der Waals surface area contributed by atoms with E-state index in [1.165, 1.54) is 23.7 Å². The van der Waals surface area contributed by atoms with Gasteiger partial charge in [0.05, 0.1) is 27.7 Å². The lowest BCUT2D eigenvalue weighted by Gasteiger charge is -2.15. The summed E-state index contributed by atoms with van der Waals surface area (Å²) >= 11 is 7.52. The molecule has 0 bridgehead atoms. The van der Waals surface area contributed by atoms with Gasteiger partial charge in [0.1, 0.15) is 17.0 Å². The number of pyridine rings is 1. The zero-order chi connectivity index (χ0) is 16.6. The van der Waals surface area contributed by atoms with Crippen LogP contribution < -0.4 is 5.32 Å². The molecule has 0 radical (unpaired) electrons. The summed E-state index contributed by atoms with van der Waals surface area (Å²) in [6.45, 7) is 1.78. The summed E-state index contributed by atoms with van der Waals surface area (Å²) in [6, 6.07) is 2.01. The van der Waals surface area contributed by atoms with Crippen LogP contribution in [-0.2, 0) is 6.18 Å². The molecule has 3 rings (SSSR count). The van der Waals surface area contributed by atoms with Crippen molar-refractivity contribution in [3.63, 3.8) is 0 Å². The van der Waals surface area contributed by atoms with E-state index in [0.29, 0.717) is 21.9 Å². The summed E-state index contributed by atoms with van der Waals surface area (Å²) in [7, 11) is 0. The number of rotatable bonds is 3. The third-order valence-corrected chi connectivity index (χ3v) is 4.55. The quantitative estimate of drug-likeness (QED) is 0.721. The Morgan fingerprint density at radius 1 is 1.22 bits per heavy atom. The molecule has 3 aromatic rings. The lowest BCUT2D eigenvalue weighted by Crippen LogP contribution is -2.12. The van der Waals surface area contributed by atoms with Crippen molar-refractivity contribution in [2.75, 3.05) is 5.32 Å². The fourth-order valence-electron chi connectivity index (χ4n) is 2.06. The van der Waals surface area contributed by atoms with Crippen LogP contribution in [0.15, 0.2) is 30.0 Å². The van der Waals surface area contributed by atoms with E-state index in [4.69, 9.17) is 11.6 Å². The Bertz CT molecular complexity index is 832. The van der Waals surface area contributed by atoms with Gasteiger partial charge in [0, 0.05) is 11.6 Å². The summed E-state index contributed by atoms with van der Waals surface area (Å²) < 4.78 is 37.7. The van der Waals surface area contributed by atoms with E-state index in [1.54, 1.807) is 12.3 Å². The SMILES string of the molecule is CC(Nc1ncnc2scc(Cl)c12)c1ccc(C(F)(F)F)cn1. The van der Waals surface area contributed by atoms with E-state index in [0.717, 1.165) is 17.1 Å². The van der Waals surface area contributed by atoms with E-state index in [9.17, 15) is 13.2 Å². The Hall–Kier alpha value is -1.93. The standard InChI is InChI=1S/C14H10ClF3N4S/c1-7(10-3-2-8(4-19-10)14(16,17)18)22-12-11-9(15)5-23-13(11)21-6-20-12/h2-7H,1H3,(H,20,21,22). The van der Waals surface area contributed by atoms with Crippen LogP contribution in [0, 0.1) is 0 Å². The van der Waals surface area contributed by atoms with Gasteiger partial charge in [0.25, 0.3) is 0 Å². The van der Waals surface area contributed by atoms with E-state index in [-0.39, 0.29) is 6.04 Å². The predicted octanol–water partition coefficient (Wildman–Crippen LogP) is 4.93. The Labute approximate surface area is 138 Å². The van der Waals surface area contributed by atoms with Crippen LogP contribution in [0.2, 0.25) is 5.02 Å². The minimum absolute atomic E-state index is 0.341. The molecule has 0 fully saturated rings. The molecule has 0 aliphatic heterocycles. The molecule has 0 amide bonds. The van der Waals surface area contributed by atoms with Gasteiger partial charge < -0.3 is 5.32 Å². The normalized spacial score (nSPS) is 13.3. The van der Waals surface area contributed by atoms with Crippen molar-refractivity contribution in [3.8, 4) is 0 Å². The highest BCUT2D eigenvalue weighted by molar-refractivity contribution is 7.17. The summed E-state index contributed by atoms with van der Waals surface area (Å²) in [5, 5.41) is 6.09. The number of fused-ring (bicyclic) bond motifs is 1. The number of aromatic nitrogens is 3. The van der Waals surface area contributed by atoms with Crippen molar-refractivity contribution < 1.29 is 13.2 Å². The Morgan fingerprint density at radius 2 is 2.00 bits per heavy atom. The zero-order valence-corrected chi connectivity index (χ0v) is 13.3. The van der Waals surface area contributed by atoms with Crippen molar-refractivity contribution >= 4 is 39.0 Å². The van der Waals surface area contributed by atoms with Crippen molar-refractivity contribution in [3.05, 3.63) is 46.3 Å². The maximum absolute atomic E-state index is 12.6. The Kier molecular flexibility index (Phi) is 4.11. The molecule has 9 heteroatoms. The van der Waals surface area contributed by atoms with Gasteiger partial charge >= 0.3 is 6.18 Å². The molecular formula is C14H10ClF3N4S. The number of alkyl halides is 3. The van der Waals surface area contributed by atoms with Crippen LogP contribution in [0.3, 0.4) is 0 Å². The van der Waals surface area contributed by atoms with Gasteiger partial charge in [-0.3, -0.25) is 4.98 Å². The lowest BCUT2D eigenvalue weighted by molar-refractivity contribution is -0.137. The van der Waals surface area contributed by atoms with Crippen LogP contribution in [0.5, 0.6) is 0 Å². The number of thiophene rings is 1. The largest absolute Gasteiger partial charge is 0.417 e. The number of anilines is 1. The number of nitrogens with zero attached hydrogens (tertiary/aromatic N) is 3. The monoisotopic (exact) mass is 358 g/mol. The van der Waals surface area contributed by atoms with Crippen molar-refractivity contribution in [1.82, 2.24) is 15.0 Å². The first-order chi connectivity index (χ1) is 10.9. The fraction of sp³-hybridized carbons (Fsp3) is 0.214. The average Bonchev–Trinajstić information content (AvgIpc) is 2.89. The molecule has 3 heterocycles. The van der Waals surface area contributed by atoms with Crippen molar-refractivity contribution in [1.29, 1.82) is 0 Å². The molecular weight excluding hydrogens is 349 g/mol. The van der Waals surface area contributed by atoms with Crippen LogP contribution >= 0.6 is 22.9 Å². The van der Waals surface area contributed by atoms with E-state index >= 15 is 0 Å². The molecule has 1 N–H and O–H groups in total. The molecule has 0 spiro atoms.